The topological polar surface area (TPSA) is 51.6 Å². The zero-order chi connectivity index (χ0) is 19.8. The lowest BCUT2D eigenvalue weighted by atomic mass is 9.70. The Morgan fingerprint density at radius 1 is 0.690 bits per heavy atom. The summed E-state index contributed by atoms with van der Waals surface area (Å²) in [6, 6.07) is 17.1. The summed E-state index contributed by atoms with van der Waals surface area (Å²) in [7, 11) is 0. The molecule has 0 bridgehead atoms. The molecule has 142 valence electrons. The molecular weight excluding hydrogens is 356 g/mol. The summed E-state index contributed by atoms with van der Waals surface area (Å²) in [5.41, 5.74) is 8.92. The average molecular weight is 378 g/mol. The van der Waals surface area contributed by atoms with Gasteiger partial charge in [-0.25, -0.2) is 0 Å². The van der Waals surface area contributed by atoms with Crippen LogP contribution in [0.4, 0.5) is 0 Å². The molecule has 4 heteroatoms. The second-order valence-corrected chi connectivity index (χ2v) is 7.85. The Kier molecular flexibility index (Phi) is 4.20. The molecule has 0 saturated heterocycles. The van der Waals surface area contributed by atoms with Gasteiger partial charge in [-0.2, -0.15) is 0 Å². The van der Waals surface area contributed by atoms with Gasteiger partial charge in [0, 0.05) is 41.6 Å². The van der Waals surface area contributed by atoms with Crippen LogP contribution in [0.2, 0.25) is 0 Å². The van der Waals surface area contributed by atoms with Gasteiger partial charge in [-0.15, -0.1) is 0 Å². The van der Waals surface area contributed by atoms with E-state index in [9.17, 15) is 0 Å². The van der Waals surface area contributed by atoms with Crippen LogP contribution in [0.25, 0.3) is 11.4 Å². The van der Waals surface area contributed by atoms with Crippen LogP contribution in [0.5, 0.6) is 0 Å². The molecule has 5 rings (SSSR count). The molecule has 4 aromatic heterocycles. The van der Waals surface area contributed by atoms with Crippen molar-refractivity contribution < 1.29 is 0 Å². The maximum atomic E-state index is 4.73. The van der Waals surface area contributed by atoms with E-state index >= 15 is 0 Å². The number of aryl methyl sites for hydroxylation is 2. The molecule has 0 amide bonds. The van der Waals surface area contributed by atoms with E-state index in [0.717, 1.165) is 35.6 Å². The van der Waals surface area contributed by atoms with Gasteiger partial charge in [-0.1, -0.05) is 12.1 Å². The third kappa shape index (κ3) is 3.01. The van der Waals surface area contributed by atoms with Crippen LogP contribution in [-0.2, 0) is 18.3 Å². The van der Waals surface area contributed by atoms with Crippen LogP contribution < -0.4 is 0 Å². The lowest BCUT2D eigenvalue weighted by molar-refractivity contribution is 0.517. The summed E-state index contributed by atoms with van der Waals surface area (Å²) in [5.74, 6) is 0. The molecule has 1 aliphatic carbocycles. The number of aromatic nitrogens is 4. The van der Waals surface area contributed by atoms with Crippen molar-refractivity contribution in [2.45, 2.75) is 32.1 Å². The standard InChI is InChI=1S/C25H22N4/c1-17-13-20(14-18(2)29-17)16-25(15-19-7-11-26-12-8-19)21-5-3-9-27-23(21)24-22(25)6-4-10-28-24/h3-14H,15-16H2,1-2H3. The monoisotopic (exact) mass is 378 g/mol. The highest BCUT2D eigenvalue weighted by atomic mass is 14.8. The Bertz CT molecular complexity index is 1120. The van der Waals surface area contributed by atoms with Gasteiger partial charge in [0.15, 0.2) is 0 Å². The van der Waals surface area contributed by atoms with Crippen LogP contribution in [-0.4, -0.2) is 19.9 Å². The largest absolute Gasteiger partial charge is 0.265 e. The van der Waals surface area contributed by atoms with Crippen LogP contribution in [0.3, 0.4) is 0 Å². The Morgan fingerprint density at radius 3 is 1.83 bits per heavy atom. The summed E-state index contributed by atoms with van der Waals surface area (Å²) in [5, 5.41) is 0. The Morgan fingerprint density at radius 2 is 1.24 bits per heavy atom. The highest BCUT2D eigenvalue weighted by Gasteiger charge is 2.44. The molecule has 0 aromatic carbocycles. The summed E-state index contributed by atoms with van der Waals surface area (Å²) >= 11 is 0. The zero-order valence-corrected chi connectivity index (χ0v) is 16.6. The fourth-order valence-corrected chi connectivity index (χ4v) is 4.77. The molecule has 0 aliphatic heterocycles. The molecule has 0 atom stereocenters. The van der Waals surface area contributed by atoms with E-state index in [4.69, 9.17) is 9.97 Å². The molecular formula is C25H22N4. The summed E-state index contributed by atoms with van der Waals surface area (Å²) in [4.78, 5) is 18.2. The first-order valence-corrected chi connectivity index (χ1v) is 9.90. The van der Waals surface area contributed by atoms with Gasteiger partial charge in [0.2, 0.25) is 0 Å². The first kappa shape index (κ1) is 17.7. The highest BCUT2D eigenvalue weighted by Crippen LogP contribution is 2.50. The fourth-order valence-electron chi connectivity index (χ4n) is 4.77. The van der Waals surface area contributed by atoms with E-state index in [-0.39, 0.29) is 5.41 Å². The number of rotatable bonds is 4. The highest BCUT2D eigenvalue weighted by molar-refractivity contribution is 5.75. The Hall–Kier alpha value is -3.40. The van der Waals surface area contributed by atoms with Gasteiger partial charge in [-0.05, 0) is 85.3 Å². The van der Waals surface area contributed by atoms with Gasteiger partial charge < -0.3 is 0 Å². The molecule has 4 heterocycles. The molecule has 0 fully saturated rings. The zero-order valence-electron chi connectivity index (χ0n) is 16.6. The third-order valence-electron chi connectivity index (χ3n) is 5.77. The number of hydrogen-bond donors (Lipinski definition) is 0. The average Bonchev–Trinajstić information content (AvgIpc) is 2.99. The van der Waals surface area contributed by atoms with Crippen LogP contribution in [0.1, 0.15) is 33.6 Å². The molecule has 4 nitrogen and oxygen atoms in total. The van der Waals surface area contributed by atoms with Crippen LogP contribution in [0.15, 0.2) is 73.3 Å². The lowest BCUT2D eigenvalue weighted by Crippen LogP contribution is -2.31. The Labute approximate surface area is 170 Å². The SMILES string of the molecule is Cc1cc(CC2(Cc3ccncc3)c3cccnc3-c3ncccc32)cc(C)n1. The van der Waals surface area contributed by atoms with E-state index in [0.29, 0.717) is 0 Å². The van der Waals surface area contributed by atoms with Gasteiger partial charge in [-0.3, -0.25) is 19.9 Å². The van der Waals surface area contributed by atoms with Crippen molar-refractivity contribution in [3.63, 3.8) is 0 Å². The van der Waals surface area contributed by atoms with E-state index < -0.39 is 0 Å². The number of hydrogen-bond acceptors (Lipinski definition) is 4. The van der Waals surface area contributed by atoms with Crippen molar-refractivity contribution in [2.24, 2.45) is 0 Å². The first-order chi connectivity index (χ1) is 14.2. The van der Waals surface area contributed by atoms with E-state index in [1.165, 1.54) is 22.3 Å². The minimum absolute atomic E-state index is 0.227. The predicted octanol–water partition coefficient (Wildman–Crippen LogP) is 4.64. The molecule has 0 radical (unpaired) electrons. The predicted molar refractivity (Wildman–Crippen MR) is 114 cm³/mol. The third-order valence-corrected chi connectivity index (χ3v) is 5.77. The second kappa shape index (κ2) is 6.89. The second-order valence-electron chi connectivity index (χ2n) is 7.85. The smallest absolute Gasteiger partial charge is 0.0930 e. The van der Waals surface area contributed by atoms with Crippen molar-refractivity contribution in [1.29, 1.82) is 0 Å². The number of nitrogens with zero attached hydrogens (tertiary/aromatic N) is 4. The Balaban J connectivity index is 1.75. The minimum Gasteiger partial charge on any atom is -0.265 e. The van der Waals surface area contributed by atoms with E-state index in [2.05, 4.69) is 60.2 Å². The molecule has 0 N–H and O–H groups in total. The number of pyridine rings is 4. The normalized spacial score (nSPS) is 13.7. The number of fused-ring (bicyclic) bond motifs is 3. The lowest BCUT2D eigenvalue weighted by Gasteiger charge is -2.32. The molecule has 0 spiro atoms. The summed E-state index contributed by atoms with van der Waals surface area (Å²) < 4.78 is 0. The summed E-state index contributed by atoms with van der Waals surface area (Å²) in [6.07, 6.45) is 9.20. The summed E-state index contributed by atoms with van der Waals surface area (Å²) in [6.45, 7) is 4.12. The van der Waals surface area contributed by atoms with Gasteiger partial charge in [0.1, 0.15) is 0 Å². The van der Waals surface area contributed by atoms with Crippen LogP contribution >= 0.6 is 0 Å². The molecule has 1 aliphatic rings. The van der Waals surface area contributed by atoms with Crippen molar-refractivity contribution in [3.05, 3.63) is 107 Å². The maximum absolute atomic E-state index is 4.73. The van der Waals surface area contributed by atoms with E-state index in [1.807, 2.05) is 36.9 Å². The molecule has 0 saturated carbocycles. The first-order valence-electron chi connectivity index (χ1n) is 9.90. The quantitative estimate of drug-likeness (QED) is 0.519. The van der Waals surface area contributed by atoms with Crippen molar-refractivity contribution >= 4 is 0 Å². The maximum Gasteiger partial charge on any atom is 0.0930 e. The van der Waals surface area contributed by atoms with Gasteiger partial charge in [0.05, 0.1) is 11.4 Å². The van der Waals surface area contributed by atoms with Gasteiger partial charge in [0.25, 0.3) is 0 Å². The van der Waals surface area contributed by atoms with Gasteiger partial charge >= 0.3 is 0 Å². The molecule has 29 heavy (non-hydrogen) atoms. The van der Waals surface area contributed by atoms with Crippen molar-refractivity contribution in [3.8, 4) is 11.4 Å². The minimum atomic E-state index is -0.227. The van der Waals surface area contributed by atoms with Crippen molar-refractivity contribution in [2.75, 3.05) is 0 Å². The van der Waals surface area contributed by atoms with Crippen molar-refractivity contribution in [1.82, 2.24) is 19.9 Å². The molecule has 4 aromatic rings. The van der Waals surface area contributed by atoms with Crippen LogP contribution in [0, 0.1) is 13.8 Å². The van der Waals surface area contributed by atoms with E-state index in [1.54, 1.807) is 0 Å². The fraction of sp³-hybridized carbons (Fsp3) is 0.200. The molecule has 0 unspecified atom stereocenters.